The number of amides is 1. The fourth-order valence-corrected chi connectivity index (χ4v) is 6.96. The van der Waals surface area contributed by atoms with Crippen molar-refractivity contribution in [2.75, 3.05) is 72.5 Å². The molecule has 6 nitrogen and oxygen atoms in total. The lowest BCUT2D eigenvalue weighted by molar-refractivity contribution is 0.0638. The van der Waals surface area contributed by atoms with E-state index in [2.05, 4.69) is 70.5 Å². The molecular weight excluding hydrogens is 561 g/mol. The molecule has 3 aromatic carbocycles. The lowest BCUT2D eigenvalue weighted by atomic mass is 10.0. The second-order valence-corrected chi connectivity index (χ2v) is 13.1. The smallest absolute Gasteiger partial charge is 0.253 e. The number of rotatable bonds is 10. The van der Waals surface area contributed by atoms with Crippen LogP contribution in [0.2, 0.25) is 0 Å². The van der Waals surface area contributed by atoms with Crippen LogP contribution in [-0.4, -0.2) is 103 Å². The zero-order chi connectivity index (χ0) is 31.3. The third kappa shape index (κ3) is 7.66. The SMILES string of the molecule is Cc1c(C)n(CCCN2CCN(C)CC2)c2ccc(Cc3ccc(C(=O)N4CCN(CCc5cccc(F)c5)CC4)cc3)cc12. The Morgan fingerprint density at radius 1 is 0.733 bits per heavy atom. The number of carbonyl (C=O) groups is 1. The Labute approximate surface area is 268 Å². The number of halogens is 1. The number of piperazine rings is 2. The molecule has 6 rings (SSSR count). The van der Waals surface area contributed by atoms with Crippen molar-refractivity contribution in [3.8, 4) is 0 Å². The maximum Gasteiger partial charge on any atom is 0.253 e. The van der Waals surface area contributed by atoms with Crippen LogP contribution >= 0.6 is 0 Å². The molecule has 2 fully saturated rings. The van der Waals surface area contributed by atoms with E-state index in [1.807, 2.05) is 23.1 Å². The molecule has 1 amide bonds. The molecule has 7 heteroatoms. The summed E-state index contributed by atoms with van der Waals surface area (Å²) >= 11 is 0. The van der Waals surface area contributed by atoms with Crippen molar-refractivity contribution < 1.29 is 9.18 Å². The highest BCUT2D eigenvalue weighted by atomic mass is 19.1. The van der Waals surface area contributed by atoms with Crippen LogP contribution in [0.15, 0.2) is 66.7 Å². The minimum absolute atomic E-state index is 0.104. The van der Waals surface area contributed by atoms with Crippen molar-refractivity contribution >= 4 is 16.8 Å². The number of nitrogens with zero attached hydrogens (tertiary/aromatic N) is 5. The summed E-state index contributed by atoms with van der Waals surface area (Å²) in [6.45, 7) is 15.4. The Morgan fingerprint density at radius 2 is 1.42 bits per heavy atom. The average molecular weight is 610 g/mol. The topological polar surface area (TPSA) is 35.0 Å². The molecule has 0 unspecified atom stereocenters. The second kappa shape index (κ2) is 14.3. The molecule has 0 aliphatic carbocycles. The fourth-order valence-electron chi connectivity index (χ4n) is 6.96. The highest BCUT2D eigenvalue weighted by Crippen LogP contribution is 2.28. The number of aromatic nitrogens is 1. The van der Waals surface area contributed by atoms with E-state index in [1.165, 1.54) is 72.0 Å². The number of carbonyl (C=O) groups excluding carboxylic acids is 1. The van der Waals surface area contributed by atoms with Crippen LogP contribution in [0.3, 0.4) is 0 Å². The third-order valence-corrected chi connectivity index (χ3v) is 10.0. The molecule has 0 saturated carbocycles. The summed E-state index contributed by atoms with van der Waals surface area (Å²) < 4.78 is 16.0. The fraction of sp³-hybridized carbons (Fsp3) is 0.447. The van der Waals surface area contributed by atoms with Crippen LogP contribution in [0.4, 0.5) is 4.39 Å². The number of hydrogen-bond donors (Lipinski definition) is 0. The van der Waals surface area contributed by atoms with Gasteiger partial charge in [0.15, 0.2) is 0 Å². The van der Waals surface area contributed by atoms with Gasteiger partial charge in [0.25, 0.3) is 5.91 Å². The van der Waals surface area contributed by atoms with E-state index >= 15 is 0 Å². The van der Waals surface area contributed by atoms with E-state index in [4.69, 9.17) is 0 Å². The van der Waals surface area contributed by atoms with Crippen LogP contribution < -0.4 is 0 Å². The summed E-state index contributed by atoms with van der Waals surface area (Å²) in [6.07, 6.45) is 2.84. The van der Waals surface area contributed by atoms with E-state index < -0.39 is 0 Å². The van der Waals surface area contributed by atoms with Gasteiger partial charge in [-0.2, -0.15) is 0 Å². The quantitative estimate of drug-likeness (QED) is 0.234. The Balaban J connectivity index is 1.01. The van der Waals surface area contributed by atoms with E-state index in [-0.39, 0.29) is 11.7 Å². The molecule has 4 aromatic rings. The molecule has 2 aliphatic rings. The standard InChI is InChI=1S/C38H48FN5O/c1-29-30(2)44(16-5-15-41-20-18-40(3)19-21-41)37-13-10-33(28-36(29)37)26-32-8-11-34(12-9-32)38(45)43-24-22-42(23-25-43)17-14-31-6-4-7-35(39)27-31/h4,6-13,27-28H,5,14-26H2,1-3H3. The van der Waals surface area contributed by atoms with E-state index in [9.17, 15) is 9.18 Å². The molecule has 0 N–H and O–H groups in total. The second-order valence-electron chi connectivity index (χ2n) is 13.1. The molecule has 0 spiro atoms. The first-order valence-corrected chi connectivity index (χ1v) is 16.7. The molecule has 2 saturated heterocycles. The number of fused-ring (bicyclic) bond motifs is 1. The largest absolute Gasteiger partial charge is 0.345 e. The van der Waals surface area contributed by atoms with Gasteiger partial charge < -0.3 is 19.3 Å². The summed E-state index contributed by atoms with van der Waals surface area (Å²) in [5.41, 5.74) is 8.37. The number of likely N-dealkylation sites (N-methyl/N-ethyl adjacent to an activating group) is 1. The van der Waals surface area contributed by atoms with Gasteiger partial charge in [-0.15, -0.1) is 0 Å². The molecule has 3 heterocycles. The zero-order valence-electron chi connectivity index (χ0n) is 27.3. The molecule has 1 aromatic heterocycles. The van der Waals surface area contributed by atoms with Crippen LogP contribution in [0.5, 0.6) is 0 Å². The molecule has 2 aliphatic heterocycles. The van der Waals surface area contributed by atoms with Gasteiger partial charge in [0, 0.05) is 87.6 Å². The van der Waals surface area contributed by atoms with Crippen LogP contribution in [0.25, 0.3) is 10.9 Å². The maximum absolute atomic E-state index is 13.5. The Morgan fingerprint density at radius 3 is 2.16 bits per heavy atom. The number of benzene rings is 3. The first kappa shape index (κ1) is 31.5. The first-order valence-electron chi connectivity index (χ1n) is 16.7. The van der Waals surface area contributed by atoms with Gasteiger partial charge in [0.05, 0.1) is 0 Å². The predicted molar refractivity (Wildman–Crippen MR) is 182 cm³/mol. The first-order chi connectivity index (χ1) is 21.8. The molecular formula is C38H48FN5O. The normalized spacial score (nSPS) is 16.9. The van der Waals surface area contributed by atoms with Crippen LogP contribution in [0.1, 0.15) is 44.7 Å². The minimum Gasteiger partial charge on any atom is -0.345 e. The van der Waals surface area contributed by atoms with Crippen molar-refractivity contribution in [3.63, 3.8) is 0 Å². The monoisotopic (exact) mass is 609 g/mol. The zero-order valence-corrected chi connectivity index (χ0v) is 27.3. The van der Waals surface area contributed by atoms with Crippen molar-refractivity contribution in [3.05, 3.63) is 106 Å². The summed E-state index contributed by atoms with van der Waals surface area (Å²) in [6, 6.07) is 21.9. The van der Waals surface area contributed by atoms with Gasteiger partial charge in [-0.05, 0) is 105 Å². The van der Waals surface area contributed by atoms with Gasteiger partial charge >= 0.3 is 0 Å². The van der Waals surface area contributed by atoms with Gasteiger partial charge in [-0.1, -0.05) is 30.3 Å². The average Bonchev–Trinajstić information content (AvgIpc) is 3.29. The molecule has 238 valence electrons. The van der Waals surface area contributed by atoms with E-state index in [1.54, 1.807) is 12.1 Å². The Bertz CT molecular complexity index is 1600. The van der Waals surface area contributed by atoms with Gasteiger partial charge in [-0.25, -0.2) is 4.39 Å². The van der Waals surface area contributed by atoms with Gasteiger partial charge in [0.2, 0.25) is 0 Å². The highest BCUT2D eigenvalue weighted by molar-refractivity contribution is 5.94. The van der Waals surface area contributed by atoms with Gasteiger partial charge in [0.1, 0.15) is 5.82 Å². The van der Waals surface area contributed by atoms with Crippen LogP contribution in [0, 0.1) is 19.7 Å². The lowest BCUT2D eigenvalue weighted by Gasteiger charge is -2.34. The van der Waals surface area contributed by atoms with E-state index in [0.717, 1.165) is 69.8 Å². The highest BCUT2D eigenvalue weighted by Gasteiger charge is 2.22. The summed E-state index contributed by atoms with van der Waals surface area (Å²) in [5, 5.41) is 1.35. The number of hydrogen-bond acceptors (Lipinski definition) is 4. The van der Waals surface area contributed by atoms with Gasteiger partial charge in [-0.3, -0.25) is 9.69 Å². The van der Waals surface area contributed by atoms with E-state index in [0.29, 0.717) is 0 Å². The Hall–Kier alpha value is -3.52. The minimum atomic E-state index is -0.183. The van der Waals surface area contributed by atoms with Crippen LogP contribution in [-0.2, 0) is 19.4 Å². The summed E-state index contributed by atoms with van der Waals surface area (Å²) in [7, 11) is 2.21. The Kier molecular flexibility index (Phi) is 9.98. The molecule has 0 radical (unpaired) electrons. The molecule has 0 bridgehead atoms. The lowest BCUT2D eigenvalue weighted by Crippen LogP contribution is -2.49. The maximum atomic E-state index is 13.5. The predicted octanol–water partition coefficient (Wildman–Crippen LogP) is 5.63. The number of aryl methyl sites for hydroxylation is 2. The van der Waals surface area contributed by atoms with Crippen molar-refractivity contribution in [1.82, 2.24) is 24.2 Å². The van der Waals surface area contributed by atoms with Crippen molar-refractivity contribution in [1.29, 1.82) is 0 Å². The molecule has 0 atom stereocenters. The summed E-state index contributed by atoms with van der Waals surface area (Å²) in [5.74, 6) is -0.0781. The third-order valence-electron chi connectivity index (χ3n) is 10.0. The van der Waals surface area contributed by atoms with Crippen molar-refractivity contribution in [2.24, 2.45) is 0 Å². The molecule has 45 heavy (non-hydrogen) atoms. The summed E-state index contributed by atoms with van der Waals surface area (Å²) in [4.78, 5) is 22.6. The van der Waals surface area contributed by atoms with Crippen molar-refractivity contribution in [2.45, 2.75) is 39.7 Å².